The maximum absolute atomic E-state index is 14.5. The number of halogens is 1. The van der Waals surface area contributed by atoms with Gasteiger partial charge in [0.2, 0.25) is 0 Å². The maximum Gasteiger partial charge on any atom is 0.251 e. The fourth-order valence-electron chi connectivity index (χ4n) is 4.61. The molecule has 0 spiro atoms. The van der Waals surface area contributed by atoms with Crippen LogP contribution in [-0.4, -0.2) is 20.9 Å². The number of hydrogen-bond acceptors (Lipinski definition) is 3. The van der Waals surface area contributed by atoms with Crippen molar-refractivity contribution < 1.29 is 9.18 Å². The van der Waals surface area contributed by atoms with E-state index in [9.17, 15) is 9.18 Å². The summed E-state index contributed by atoms with van der Waals surface area (Å²) >= 11 is 0. The Morgan fingerprint density at radius 1 is 1.11 bits per heavy atom. The Kier molecular flexibility index (Phi) is 5.29. The third-order valence-electron chi connectivity index (χ3n) is 6.77. The smallest absolute Gasteiger partial charge is 0.251 e. The summed E-state index contributed by atoms with van der Waals surface area (Å²) in [5.41, 5.74) is 6.98. The molecule has 6 heteroatoms. The van der Waals surface area contributed by atoms with E-state index in [1.165, 1.54) is 24.5 Å². The van der Waals surface area contributed by atoms with Gasteiger partial charge < -0.3 is 10.3 Å². The summed E-state index contributed by atoms with van der Waals surface area (Å²) in [6.07, 6.45) is 8.60. The van der Waals surface area contributed by atoms with Crippen molar-refractivity contribution >= 4 is 27.7 Å². The van der Waals surface area contributed by atoms with Crippen LogP contribution in [0.1, 0.15) is 57.1 Å². The van der Waals surface area contributed by atoms with Crippen molar-refractivity contribution in [3.8, 4) is 0 Å². The highest BCUT2D eigenvalue weighted by molar-refractivity contribution is 5.94. The number of amides is 1. The number of hydrogen-bond donors (Lipinski definition) is 2. The van der Waals surface area contributed by atoms with Gasteiger partial charge in [0.15, 0.2) is 0 Å². The molecule has 5 nitrogen and oxygen atoms in total. The van der Waals surface area contributed by atoms with E-state index in [2.05, 4.69) is 38.5 Å². The number of nitrogens with one attached hydrogen (secondary N) is 2. The molecule has 1 aliphatic carbocycles. The molecule has 5 aromatic rings. The number of aromatic nitrogens is 3. The fraction of sp³-hybridized carbons (Fsp3) is 0.207. The second-order valence-corrected chi connectivity index (χ2v) is 9.43. The first-order valence-electron chi connectivity index (χ1n) is 11.9. The summed E-state index contributed by atoms with van der Waals surface area (Å²) in [5.74, 6) is 0.0660. The molecule has 0 radical (unpaired) electrons. The van der Waals surface area contributed by atoms with Crippen molar-refractivity contribution in [3.63, 3.8) is 0 Å². The highest BCUT2D eigenvalue weighted by Gasteiger charge is 2.23. The Hall–Kier alpha value is -4.06. The largest absolute Gasteiger partial charge is 0.361 e. The Morgan fingerprint density at radius 3 is 2.86 bits per heavy atom. The second kappa shape index (κ2) is 8.62. The molecular formula is C29H25FN4O. The van der Waals surface area contributed by atoms with Crippen LogP contribution in [0.3, 0.4) is 0 Å². The van der Waals surface area contributed by atoms with Gasteiger partial charge in [-0.1, -0.05) is 6.07 Å². The number of H-pyrrole nitrogens is 1. The molecule has 1 fully saturated rings. The third-order valence-corrected chi connectivity index (χ3v) is 6.77. The molecule has 174 valence electrons. The van der Waals surface area contributed by atoms with Gasteiger partial charge in [-0.15, -0.1) is 0 Å². The van der Waals surface area contributed by atoms with Crippen LogP contribution in [0.15, 0.2) is 67.1 Å². The van der Waals surface area contributed by atoms with E-state index in [-0.39, 0.29) is 18.3 Å². The standard InChI is InChI=1S/C29H25FN4O/c1-17-14-32-28-13-26(30)23(12-25(17)28)16-34-29(35)20-6-7-31-24(11-20)9-18-2-5-27-21(8-18)10-22(15-33-27)19-3-4-19/h2,5-8,10-15,19,32H,3-4,9,16H2,1H3,(H,34,35). The van der Waals surface area contributed by atoms with Crippen molar-refractivity contribution in [3.05, 3.63) is 106 Å². The second-order valence-electron chi connectivity index (χ2n) is 9.43. The van der Waals surface area contributed by atoms with Crippen molar-refractivity contribution in [1.29, 1.82) is 0 Å². The zero-order valence-electron chi connectivity index (χ0n) is 19.4. The van der Waals surface area contributed by atoms with E-state index in [4.69, 9.17) is 0 Å². The van der Waals surface area contributed by atoms with E-state index < -0.39 is 0 Å². The van der Waals surface area contributed by atoms with E-state index in [1.54, 1.807) is 24.4 Å². The van der Waals surface area contributed by atoms with Gasteiger partial charge >= 0.3 is 0 Å². The molecule has 0 aliphatic heterocycles. The number of carbonyl (C=O) groups excluding carboxylic acids is 1. The molecular weight excluding hydrogens is 439 g/mol. The third kappa shape index (κ3) is 4.39. The molecule has 0 saturated heterocycles. The van der Waals surface area contributed by atoms with Gasteiger partial charge in [-0.2, -0.15) is 0 Å². The molecule has 0 bridgehead atoms. The Labute approximate surface area is 202 Å². The number of nitrogens with zero attached hydrogens (tertiary/aromatic N) is 2. The van der Waals surface area contributed by atoms with Gasteiger partial charge in [0, 0.05) is 64.7 Å². The molecule has 6 rings (SSSR count). The lowest BCUT2D eigenvalue weighted by molar-refractivity contribution is 0.0950. The van der Waals surface area contributed by atoms with E-state index in [1.807, 2.05) is 25.4 Å². The van der Waals surface area contributed by atoms with Crippen LogP contribution >= 0.6 is 0 Å². The number of aromatic amines is 1. The van der Waals surface area contributed by atoms with Crippen LogP contribution in [0.4, 0.5) is 4.39 Å². The summed E-state index contributed by atoms with van der Waals surface area (Å²) < 4.78 is 14.5. The first-order chi connectivity index (χ1) is 17.0. The first kappa shape index (κ1) is 21.5. The van der Waals surface area contributed by atoms with Crippen LogP contribution in [0.25, 0.3) is 21.8 Å². The van der Waals surface area contributed by atoms with Gasteiger partial charge in [-0.3, -0.25) is 14.8 Å². The lowest BCUT2D eigenvalue weighted by atomic mass is 10.0. The van der Waals surface area contributed by atoms with Crippen LogP contribution in [0.2, 0.25) is 0 Å². The molecule has 35 heavy (non-hydrogen) atoms. The van der Waals surface area contributed by atoms with Gasteiger partial charge in [0.25, 0.3) is 5.91 Å². The SMILES string of the molecule is Cc1c[nH]c2cc(F)c(CNC(=O)c3ccnc(Cc4ccc5ncc(C6CC6)cc5c4)c3)cc12. The molecule has 0 atom stereocenters. The zero-order chi connectivity index (χ0) is 23.9. The summed E-state index contributed by atoms with van der Waals surface area (Å²) in [4.78, 5) is 24.9. The van der Waals surface area contributed by atoms with Gasteiger partial charge in [-0.05, 0) is 84.8 Å². The normalized spacial score (nSPS) is 13.4. The summed E-state index contributed by atoms with van der Waals surface area (Å²) in [7, 11) is 0. The molecule has 2 aromatic carbocycles. The monoisotopic (exact) mass is 464 g/mol. The highest BCUT2D eigenvalue weighted by atomic mass is 19.1. The fourth-order valence-corrected chi connectivity index (χ4v) is 4.61. The zero-order valence-corrected chi connectivity index (χ0v) is 19.4. The van der Waals surface area contributed by atoms with Gasteiger partial charge in [0.05, 0.1) is 5.52 Å². The van der Waals surface area contributed by atoms with Crippen LogP contribution < -0.4 is 5.32 Å². The van der Waals surface area contributed by atoms with Gasteiger partial charge in [0.1, 0.15) is 5.82 Å². The molecule has 1 saturated carbocycles. The molecule has 1 aliphatic rings. The summed E-state index contributed by atoms with van der Waals surface area (Å²) in [5, 5.41) is 4.94. The number of pyridine rings is 2. The molecule has 3 aromatic heterocycles. The summed E-state index contributed by atoms with van der Waals surface area (Å²) in [6, 6.07) is 15.2. The van der Waals surface area contributed by atoms with Crippen molar-refractivity contribution in [1.82, 2.24) is 20.3 Å². The Balaban J connectivity index is 1.17. The number of fused-ring (bicyclic) bond motifs is 2. The van der Waals surface area contributed by atoms with E-state index in [0.717, 1.165) is 38.6 Å². The molecule has 0 unspecified atom stereocenters. The minimum atomic E-state index is -0.342. The quantitative estimate of drug-likeness (QED) is 0.326. The topological polar surface area (TPSA) is 70.7 Å². The average Bonchev–Trinajstić information content (AvgIpc) is 3.66. The first-order valence-corrected chi connectivity index (χ1v) is 11.9. The Morgan fingerprint density at radius 2 is 2.00 bits per heavy atom. The lowest BCUT2D eigenvalue weighted by Crippen LogP contribution is -2.23. The van der Waals surface area contributed by atoms with Gasteiger partial charge in [-0.25, -0.2) is 4.39 Å². The van der Waals surface area contributed by atoms with Crippen LogP contribution in [0.5, 0.6) is 0 Å². The van der Waals surface area contributed by atoms with Crippen molar-refractivity contribution in [2.24, 2.45) is 0 Å². The number of aryl methyl sites for hydroxylation is 1. The van der Waals surface area contributed by atoms with E-state index >= 15 is 0 Å². The number of benzene rings is 2. The minimum absolute atomic E-state index is 0.115. The van der Waals surface area contributed by atoms with E-state index in [0.29, 0.717) is 23.5 Å². The highest BCUT2D eigenvalue weighted by Crippen LogP contribution is 2.40. The predicted molar refractivity (Wildman–Crippen MR) is 135 cm³/mol. The number of carbonyl (C=O) groups is 1. The van der Waals surface area contributed by atoms with Crippen LogP contribution in [0, 0.1) is 12.7 Å². The summed E-state index contributed by atoms with van der Waals surface area (Å²) in [6.45, 7) is 2.08. The minimum Gasteiger partial charge on any atom is -0.361 e. The number of rotatable bonds is 6. The lowest BCUT2D eigenvalue weighted by Gasteiger charge is -2.09. The van der Waals surface area contributed by atoms with Crippen molar-refractivity contribution in [2.45, 2.75) is 38.6 Å². The average molecular weight is 465 g/mol. The molecule has 2 N–H and O–H groups in total. The molecule has 1 amide bonds. The maximum atomic E-state index is 14.5. The van der Waals surface area contributed by atoms with Crippen LogP contribution in [-0.2, 0) is 13.0 Å². The van der Waals surface area contributed by atoms with Crippen molar-refractivity contribution in [2.75, 3.05) is 0 Å². The Bertz CT molecular complexity index is 1590. The predicted octanol–water partition coefficient (Wildman–Crippen LogP) is 5.96. The molecule has 3 heterocycles.